The lowest BCUT2D eigenvalue weighted by molar-refractivity contribution is -0.118. The third kappa shape index (κ3) is 4.89. The predicted octanol–water partition coefficient (Wildman–Crippen LogP) is 4.97. The zero-order chi connectivity index (χ0) is 20.8. The van der Waals surface area contributed by atoms with E-state index in [1.165, 1.54) is 0 Å². The fourth-order valence-electron chi connectivity index (χ4n) is 2.94. The van der Waals surface area contributed by atoms with Crippen LogP contribution in [0.2, 0.25) is 5.02 Å². The van der Waals surface area contributed by atoms with E-state index >= 15 is 0 Å². The number of carbonyl (C=O) groups excluding carboxylic acids is 2. The highest BCUT2D eigenvalue weighted by molar-refractivity contribution is 6.31. The number of anilines is 1. The van der Waals surface area contributed by atoms with E-state index in [1.54, 1.807) is 30.5 Å². The summed E-state index contributed by atoms with van der Waals surface area (Å²) in [4.78, 5) is 27.1. The normalized spacial score (nSPS) is 10.4. The molecule has 1 N–H and O–H groups in total. The monoisotopic (exact) mass is 407 g/mol. The van der Waals surface area contributed by atoms with Gasteiger partial charge < -0.3 is 10.1 Å². The van der Waals surface area contributed by atoms with Crippen LogP contribution >= 0.6 is 11.6 Å². The molecule has 0 atom stereocenters. The first-order valence-corrected chi connectivity index (χ1v) is 9.34. The van der Waals surface area contributed by atoms with Crippen molar-refractivity contribution in [1.82, 2.24) is 4.98 Å². The van der Waals surface area contributed by atoms with Crippen molar-refractivity contribution in [3.05, 3.63) is 58.7 Å². The molecule has 29 heavy (non-hydrogen) atoms. The lowest BCUT2D eigenvalue weighted by atomic mass is 10.1. The molecular weight excluding hydrogens is 390 g/mol. The maximum absolute atomic E-state index is 11.9. The van der Waals surface area contributed by atoms with E-state index in [0.29, 0.717) is 34.2 Å². The summed E-state index contributed by atoms with van der Waals surface area (Å²) in [5.41, 5.74) is 2.99. The Morgan fingerprint density at radius 3 is 2.86 bits per heavy atom. The molecule has 0 unspecified atom stereocenters. The van der Waals surface area contributed by atoms with Gasteiger partial charge in [-0.1, -0.05) is 17.7 Å². The summed E-state index contributed by atoms with van der Waals surface area (Å²) in [7, 11) is 0. The summed E-state index contributed by atoms with van der Waals surface area (Å²) in [5, 5.41) is 12.4. The molecule has 7 heteroatoms. The minimum absolute atomic E-state index is 0.0344. The first-order valence-electron chi connectivity index (χ1n) is 8.96. The van der Waals surface area contributed by atoms with Gasteiger partial charge in [-0.3, -0.25) is 14.6 Å². The maximum Gasteiger partial charge on any atom is 0.211 e. The van der Waals surface area contributed by atoms with Crippen LogP contribution in [0.25, 0.3) is 10.9 Å². The molecule has 0 saturated heterocycles. The van der Waals surface area contributed by atoms with E-state index in [2.05, 4.69) is 10.3 Å². The maximum atomic E-state index is 11.9. The lowest BCUT2D eigenvalue weighted by Crippen LogP contribution is -2.02. The van der Waals surface area contributed by atoms with Crippen molar-refractivity contribution < 1.29 is 14.3 Å². The Morgan fingerprint density at radius 2 is 2.14 bits per heavy atom. The van der Waals surface area contributed by atoms with E-state index in [1.807, 2.05) is 25.1 Å². The molecule has 146 valence electrons. The molecule has 0 saturated carbocycles. The zero-order valence-corrected chi connectivity index (χ0v) is 16.5. The molecule has 0 bridgehead atoms. The predicted molar refractivity (Wildman–Crippen MR) is 111 cm³/mol. The van der Waals surface area contributed by atoms with Crippen LogP contribution in [0.5, 0.6) is 11.5 Å². The Labute approximate surface area is 173 Å². The van der Waals surface area contributed by atoms with E-state index in [-0.39, 0.29) is 25.0 Å². The summed E-state index contributed by atoms with van der Waals surface area (Å²) in [6.45, 7) is 1.89. The fourth-order valence-corrected chi connectivity index (χ4v) is 3.18. The van der Waals surface area contributed by atoms with Crippen molar-refractivity contribution in [2.75, 3.05) is 5.32 Å². The van der Waals surface area contributed by atoms with E-state index < -0.39 is 0 Å². The van der Waals surface area contributed by atoms with Crippen LogP contribution in [0, 0.1) is 18.3 Å². The molecule has 6 nitrogen and oxygen atoms in total. The smallest absolute Gasteiger partial charge is 0.211 e. The van der Waals surface area contributed by atoms with Gasteiger partial charge in [0.15, 0.2) is 0 Å². The van der Waals surface area contributed by atoms with Gasteiger partial charge in [0.2, 0.25) is 6.41 Å². The van der Waals surface area contributed by atoms with Gasteiger partial charge in [0, 0.05) is 41.6 Å². The van der Waals surface area contributed by atoms with Crippen molar-refractivity contribution in [3.8, 4) is 17.6 Å². The van der Waals surface area contributed by atoms with Crippen LogP contribution in [0.1, 0.15) is 24.0 Å². The highest BCUT2D eigenvalue weighted by Crippen LogP contribution is 2.33. The number of ketones is 1. The van der Waals surface area contributed by atoms with Crippen LogP contribution < -0.4 is 10.1 Å². The first-order chi connectivity index (χ1) is 14.0. The van der Waals surface area contributed by atoms with E-state index in [0.717, 1.165) is 16.5 Å². The van der Waals surface area contributed by atoms with E-state index in [9.17, 15) is 9.59 Å². The minimum Gasteiger partial charge on any atom is -0.457 e. The van der Waals surface area contributed by atoms with Crippen LogP contribution in [0.15, 0.2) is 42.6 Å². The number of benzene rings is 2. The number of Topliss-reactive ketones (excluding diaryl/α,β-unsaturated/α-hetero) is 1. The SMILES string of the molecule is Cc1cc2nccc(Oc3ccc(CC(=O)CCC#N)c(Cl)c3)c2cc1NC=O. The zero-order valence-electron chi connectivity index (χ0n) is 15.7. The summed E-state index contributed by atoms with van der Waals surface area (Å²) in [6, 6.07) is 12.5. The molecular formula is C22H18ClN3O3. The fraction of sp³-hybridized carbons (Fsp3) is 0.182. The third-order valence-electron chi connectivity index (χ3n) is 4.42. The molecule has 0 radical (unpaired) electrons. The quantitative estimate of drug-likeness (QED) is 0.532. The second kappa shape index (κ2) is 9.18. The van der Waals surface area contributed by atoms with Gasteiger partial charge >= 0.3 is 0 Å². The molecule has 0 spiro atoms. The number of hydrogen-bond acceptors (Lipinski definition) is 5. The number of ether oxygens (including phenoxy) is 1. The Bertz CT molecular complexity index is 1120. The Hall–Kier alpha value is -3.43. The molecule has 0 aliphatic heterocycles. The molecule has 3 aromatic rings. The average Bonchev–Trinajstić information content (AvgIpc) is 2.69. The summed E-state index contributed by atoms with van der Waals surface area (Å²) < 4.78 is 6.00. The standard InChI is InChI=1S/C22H18ClN3O3/c1-14-9-21-18(12-20(14)26-13-27)22(6-8-25-21)29-17-5-4-15(19(23)11-17)10-16(28)3-2-7-24/h4-6,8-9,11-13H,2-3,10H2,1H3,(H,26,27). The number of nitrogens with one attached hydrogen (secondary N) is 1. The van der Waals surface area contributed by atoms with Crippen LogP contribution in [0.4, 0.5) is 5.69 Å². The number of aryl methyl sites for hydroxylation is 1. The second-order valence-electron chi connectivity index (χ2n) is 6.48. The molecule has 1 aromatic heterocycles. The lowest BCUT2D eigenvalue weighted by Gasteiger charge is -2.12. The minimum atomic E-state index is -0.0344. The number of halogens is 1. The molecule has 0 aliphatic rings. The van der Waals surface area contributed by atoms with Gasteiger partial charge in [-0.2, -0.15) is 5.26 Å². The van der Waals surface area contributed by atoms with Gasteiger partial charge in [-0.15, -0.1) is 0 Å². The molecule has 2 aromatic carbocycles. The van der Waals surface area contributed by atoms with Gasteiger partial charge in [-0.25, -0.2) is 0 Å². The topological polar surface area (TPSA) is 92.1 Å². The molecule has 1 amide bonds. The number of pyridine rings is 1. The number of carbonyl (C=O) groups is 2. The molecule has 0 fully saturated rings. The Balaban J connectivity index is 1.86. The Kier molecular flexibility index (Phi) is 6.43. The number of fused-ring (bicyclic) bond motifs is 1. The number of nitriles is 1. The van der Waals surface area contributed by atoms with Crippen molar-refractivity contribution in [2.24, 2.45) is 0 Å². The highest BCUT2D eigenvalue weighted by Gasteiger charge is 2.11. The number of aromatic nitrogens is 1. The average molecular weight is 408 g/mol. The highest BCUT2D eigenvalue weighted by atomic mass is 35.5. The number of nitrogens with zero attached hydrogens (tertiary/aromatic N) is 2. The molecule has 0 aliphatic carbocycles. The van der Waals surface area contributed by atoms with Crippen molar-refractivity contribution >= 4 is 40.4 Å². The summed E-state index contributed by atoms with van der Waals surface area (Å²) in [6.07, 6.45) is 2.87. The van der Waals surface area contributed by atoms with Gasteiger partial charge in [0.25, 0.3) is 0 Å². The van der Waals surface area contributed by atoms with Gasteiger partial charge in [0.1, 0.15) is 17.3 Å². The van der Waals surface area contributed by atoms with Crippen LogP contribution in [-0.4, -0.2) is 17.2 Å². The molecule has 1 heterocycles. The number of rotatable bonds is 8. The second-order valence-corrected chi connectivity index (χ2v) is 6.89. The Morgan fingerprint density at radius 1 is 1.31 bits per heavy atom. The van der Waals surface area contributed by atoms with Crippen molar-refractivity contribution in [2.45, 2.75) is 26.2 Å². The van der Waals surface area contributed by atoms with Crippen LogP contribution in [-0.2, 0) is 16.0 Å². The van der Waals surface area contributed by atoms with E-state index in [4.69, 9.17) is 21.6 Å². The number of hydrogen-bond donors (Lipinski definition) is 1. The first kappa shape index (κ1) is 20.3. The van der Waals surface area contributed by atoms with Gasteiger partial charge in [0.05, 0.1) is 11.6 Å². The van der Waals surface area contributed by atoms with Crippen molar-refractivity contribution in [3.63, 3.8) is 0 Å². The van der Waals surface area contributed by atoms with Crippen LogP contribution in [0.3, 0.4) is 0 Å². The van der Waals surface area contributed by atoms with Gasteiger partial charge in [-0.05, 0) is 48.4 Å². The number of amides is 1. The summed E-state index contributed by atoms with van der Waals surface area (Å²) in [5.74, 6) is 1.05. The third-order valence-corrected chi connectivity index (χ3v) is 4.77. The summed E-state index contributed by atoms with van der Waals surface area (Å²) >= 11 is 6.32. The molecule has 3 rings (SSSR count). The van der Waals surface area contributed by atoms with Crippen molar-refractivity contribution in [1.29, 1.82) is 5.26 Å². The largest absolute Gasteiger partial charge is 0.457 e.